The van der Waals surface area contributed by atoms with Gasteiger partial charge in [-0.25, -0.2) is 0 Å². The number of rotatable bonds is 3. The van der Waals surface area contributed by atoms with Gasteiger partial charge >= 0.3 is 0 Å². The number of pyridine rings is 1. The molecular formula is C17H14ClNO3. The van der Waals surface area contributed by atoms with Crippen molar-refractivity contribution in [3.05, 3.63) is 57.7 Å². The molecule has 0 aliphatic carbocycles. The van der Waals surface area contributed by atoms with Gasteiger partial charge in [-0.3, -0.25) is 4.79 Å². The Morgan fingerprint density at radius 1 is 1.00 bits per heavy atom. The highest BCUT2D eigenvalue weighted by Gasteiger charge is 2.11. The molecule has 3 aromatic rings. The van der Waals surface area contributed by atoms with Gasteiger partial charge in [0.05, 0.1) is 25.4 Å². The summed E-state index contributed by atoms with van der Waals surface area (Å²) in [6.45, 7) is 0. The van der Waals surface area contributed by atoms with Crippen LogP contribution in [0.15, 0.2) is 47.3 Å². The number of hydrogen-bond acceptors (Lipinski definition) is 3. The molecule has 4 nitrogen and oxygen atoms in total. The third kappa shape index (κ3) is 2.42. The van der Waals surface area contributed by atoms with Crippen LogP contribution in [-0.2, 0) is 0 Å². The van der Waals surface area contributed by atoms with Crippen LogP contribution in [0.3, 0.4) is 0 Å². The third-order valence-electron chi connectivity index (χ3n) is 3.50. The minimum atomic E-state index is -0.107. The maximum Gasteiger partial charge on any atom is 0.190 e. The Labute approximate surface area is 132 Å². The molecule has 2 aromatic carbocycles. The van der Waals surface area contributed by atoms with E-state index in [4.69, 9.17) is 21.1 Å². The number of nitrogens with one attached hydrogen (secondary N) is 1. The summed E-state index contributed by atoms with van der Waals surface area (Å²) in [6.07, 6.45) is 0. The predicted molar refractivity (Wildman–Crippen MR) is 88.1 cm³/mol. The molecular weight excluding hydrogens is 302 g/mol. The van der Waals surface area contributed by atoms with Crippen molar-refractivity contribution in [2.45, 2.75) is 0 Å². The Kier molecular flexibility index (Phi) is 3.77. The highest BCUT2D eigenvalue weighted by Crippen LogP contribution is 2.32. The molecule has 0 bridgehead atoms. The molecule has 0 saturated carbocycles. The van der Waals surface area contributed by atoms with Gasteiger partial charge in [-0.15, -0.1) is 0 Å². The first kappa shape index (κ1) is 14.5. The van der Waals surface area contributed by atoms with Crippen LogP contribution in [0.2, 0.25) is 5.02 Å². The molecule has 1 aromatic heterocycles. The monoisotopic (exact) mass is 315 g/mol. The second kappa shape index (κ2) is 5.73. The molecule has 3 rings (SSSR count). The van der Waals surface area contributed by atoms with Crippen molar-refractivity contribution in [2.75, 3.05) is 14.2 Å². The Hall–Kier alpha value is -2.46. The van der Waals surface area contributed by atoms with E-state index in [1.54, 1.807) is 25.3 Å². The third-order valence-corrected chi connectivity index (χ3v) is 3.83. The van der Waals surface area contributed by atoms with Crippen LogP contribution in [-0.4, -0.2) is 19.2 Å². The van der Waals surface area contributed by atoms with Gasteiger partial charge in [0.2, 0.25) is 0 Å². The van der Waals surface area contributed by atoms with E-state index >= 15 is 0 Å². The minimum absolute atomic E-state index is 0.107. The number of H-pyrrole nitrogens is 1. The van der Waals surface area contributed by atoms with Crippen LogP contribution in [0.4, 0.5) is 0 Å². The number of aromatic amines is 1. The van der Waals surface area contributed by atoms with Gasteiger partial charge in [0.15, 0.2) is 16.9 Å². The van der Waals surface area contributed by atoms with Gasteiger partial charge < -0.3 is 14.5 Å². The first-order valence-electron chi connectivity index (χ1n) is 6.68. The van der Waals surface area contributed by atoms with E-state index in [-0.39, 0.29) is 5.43 Å². The van der Waals surface area contributed by atoms with Crippen LogP contribution in [0.25, 0.3) is 22.2 Å². The first-order valence-corrected chi connectivity index (χ1v) is 7.06. The van der Waals surface area contributed by atoms with Crippen molar-refractivity contribution in [3.63, 3.8) is 0 Å². The number of hydrogen-bond donors (Lipinski definition) is 1. The van der Waals surface area contributed by atoms with Crippen molar-refractivity contribution in [1.29, 1.82) is 0 Å². The Balaban J connectivity index is 2.29. The van der Waals surface area contributed by atoms with Gasteiger partial charge in [0.1, 0.15) is 0 Å². The smallest absolute Gasteiger partial charge is 0.190 e. The molecule has 0 saturated heterocycles. The molecule has 0 spiro atoms. The van der Waals surface area contributed by atoms with E-state index in [0.717, 1.165) is 5.56 Å². The number of halogens is 1. The summed E-state index contributed by atoms with van der Waals surface area (Å²) >= 11 is 6.20. The van der Waals surface area contributed by atoms with Crippen LogP contribution < -0.4 is 14.9 Å². The van der Waals surface area contributed by atoms with Crippen molar-refractivity contribution < 1.29 is 9.47 Å². The zero-order valence-electron chi connectivity index (χ0n) is 12.1. The summed E-state index contributed by atoms with van der Waals surface area (Å²) < 4.78 is 10.5. The van der Waals surface area contributed by atoms with E-state index in [1.807, 2.05) is 18.2 Å². The fourth-order valence-electron chi connectivity index (χ4n) is 2.40. The van der Waals surface area contributed by atoms with Gasteiger partial charge in [-0.05, 0) is 12.1 Å². The highest BCUT2D eigenvalue weighted by atomic mass is 35.5. The van der Waals surface area contributed by atoms with Crippen molar-refractivity contribution in [2.24, 2.45) is 0 Å². The lowest BCUT2D eigenvalue weighted by Crippen LogP contribution is -2.04. The minimum Gasteiger partial charge on any atom is -0.493 e. The van der Waals surface area contributed by atoms with Gasteiger partial charge in [-0.1, -0.05) is 29.8 Å². The quantitative estimate of drug-likeness (QED) is 0.798. The van der Waals surface area contributed by atoms with E-state index in [9.17, 15) is 4.79 Å². The topological polar surface area (TPSA) is 51.3 Å². The molecule has 1 heterocycles. The molecule has 0 aliphatic heterocycles. The van der Waals surface area contributed by atoms with Crippen LogP contribution in [0, 0.1) is 0 Å². The van der Waals surface area contributed by atoms with Crippen molar-refractivity contribution in [3.8, 4) is 22.8 Å². The van der Waals surface area contributed by atoms with Crippen LogP contribution >= 0.6 is 11.6 Å². The largest absolute Gasteiger partial charge is 0.493 e. The normalized spacial score (nSPS) is 10.7. The van der Waals surface area contributed by atoms with Gasteiger partial charge in [0.25, 0.3) is 0 Å². The molecule has 5 heteroatoms. The lowest BCUT2D eigenvalue weighted by atomic mass is 10.1. The Bertz CT molecular complexity index is 902. The summed E-state index contributed by atoms with van der Waals surface area (Å²) in [7, 11) is 3.09. The molecule has 0 unspecified atom stereocenters. The lowest BCUT2D eigenvalue weighted by Gasteiger charge is -2.11. The molecule has 0 aliphatic rings. The number of fused-ring (bicyclic) bond motifs is 1. The number of benzene rings is 2. The Morgan fingerprint density at radius 3 is 2.36 bits per heavy atom. The van der Waals surface area contributed by atoms with Crippen LogP contribution in [0.1, 0.15) is 0 Å². The van der Waals surface area contributed by atoms with Crippen LogP contribution in [0.5, 0.6) is 11.5 Å². The molecule has 1 N–H and O–H groups in total. The zero-order chi connectivity index (χ0) is 15.7. The fraction of sp³-hybridized carbons (Fsp3) is 0.118. The fourth-order valence-corrected chi connectivity index (χ4v) is 2.64. The average molecular weight is 316 g/mol. The summed E-state index contributed by atoms with van der Waals surface area (Å²) in [5.41, 5.74) is 2.00. The number of methoxy groups -OCH3 is 2. The first-order chi connectivity index (χ1) is 10.6. The summed E-state index contributed by atoms with van der Waals surface area (Å²) in [4.78, 5) is 15.6. The second-order valence-corrected chi connectivity index (χ2v) is 5.19. The van der Waals surface area contributed by atoms with Crippen molar-refractivity contribution in [1.82, 2.24) is 4.98 Å². The lowest BCUT2D eigenvalue weighted by molar-refractivity contribution is 0.356. The molecule has 22 heavy (non-hydrogen) atoms. The molecule has 0 radical (unpaired) electrons. The summed E-state index contributed by atoms with van der Waals surface area (Å²) in [6, 6.07) is 12.3. The van der Waals surface area contributed by atoms with E-state index in [1.165, 1.54) is 13.2 Å². The number of aromatic nitrogens is 1. The van der Waals surface area contributed by atoms with Crippen molar-refractivity contribution >= 4 is 22.5 Å². The maximum atomic E-state index is 12.4. The standard InChI is InChI=1S/C17H14ClNO3/c1-21-16-7-11-14(9-17(16)22-2)19-13(8-15(11)20)10-5-3-4-6-12(10)18/h3-9H,1-2H3,(H,19,20). The van der Waals surface area contributed by atoms with E-state index in [0.29, 0.717) is 33.1 Å². The molecule has 0 atom stereocenters. The molecule has 0 amide bonds. The summed E-state index contributed by atoms with van der Waals surface area (Å²) in [5.74, 6) is 1.08. The van der Waals surface area contributed by atoms with E-state index in [2.05, 4.69) is 4.98 Å². The molecule has 0 fully saturated rings. The highest BCUT2D eigenvalue weighted by molar-refractivity contribution is 6.33. The van der Waals surface area contributed by atoms with E-state index < -0.39 is 0 Å². The predicted octanol–water partition coefficient (Wildman–Crippen LogP) is 3.87. The second-order valence-electron chi connectivity index (χ2n) is 4.78. The molecule has 112 valence electrons. The summed E-state index contributed by atoms with van der Waals surface area (Å²) in [5, 5.41) is 1.12. The average Bonchev–Trinajstić information content (AvgIpc) is 2.54. The van der Waals surface area contributed by atoms with Gasteiger partial charge in [-0.2, -0.15) is 0 Å². The maximum absolute atomic E-state index is 12.4. The SMILES string of the molecule is COc1cc2[nH]c(-c3ccccc3Cl)cc(=O)c2cc1OC. The van der Waals surface area contributed by atoms with Gasteiger partial charge in [0, 0.05) is 28.1 Å². The zero-order valence-corrected chi connectivity index (χ0v) is 12.9. The Morgan fingerprint density at radius 2 is 1.68 bits per heavy atom. The number of ether oxygens (including phenoxy) is 2.